The molecule has 1 unspecified atom stereocenters. The third-order valence-electron chi connectivity index (χ3n) is 8.71. The summed E-state index contributed by atoms with van der Waals surface area (Å²) in [5.74, 6) is 0.648. The van der Waals surface area contributed by atoms with Gasteiger partial charge in [0.1, 0.15) is 11.5 Å². The number of halogens is 2. The Morgan fingerprint density at radius 3 is 2.74 bits per heavy atom. The number of nitrogens with zero attached hydrogens (tertiary/aromatic N) is 4. The van der Waals surface area contributed by atoms with Crippen LogP contribution in [0, 0.1) is 0 Å². The summed E-state index contributed by atoms with van der Waals surface area (Å²) in [4.78, 5) is 11.7. The molecule has 10 heteroatoms. The molecule has 3 atom stereocenters. The summed E-state index contributed by atoms with van der Waals surface area (Å²) in [6.07, 6.45) is 1.79. The zero-order valence-electron chi connectivity index (χ0n) is 23.0. The van der Waals surface area contributed by atoms with Gasteiger partial charge in [0.15, 0.2) is 0 Å². The summed E-state index contributed by atoms with van der Waals surface area (Å²) >= 11 is 0. The smallest absolute Gasteiger partial charge is 0.280 e. The summed E-state index contributed by atoms with van der Waals surface area (Å²) < 4.78 is 34.8. The second-order valence-electron chi connectivity index (χ2n) is 11.3. The second kappa shape index (κ2) is 12.4. The minimum Gasteiger partial charge on any atom is -0.384 e. The number of hydrogen-bond acceptors (Lipinski definition) is 8. The van der Waals surface area contributed by atoms with E-state index in [2.05, 4.69) is 50.2 Å². The van der Waals surface area contributed by atoms with Crippen molar-refractivity contribution in [3.63, 3.8) is 0 Å². The van der Waals surface area contributed by atoms with Gasteiger partial charge in [-0.1, -0.05) is 0 Å². The first kappa shape index (κ1) is 27.6. The molecule has 3 fully saturated rings. The Labute approximate surface area is 225 Å². The van der Waals surface area contributed by atoms with Gasteiger partial charge in [-0.2, -0.15) is 0 Å². The van der Waals surface area contributed by atoms with Crippen LogP contribution in [0.1, 0.15) is 57.2 Å². The van der Waals surface area contributed by atoms with Gasteiger partial charge in [-0.3, -0.25) is 4.90 Å². The number of nitrogens with one attached hydrogen (secondary N) is 2. The third kappa shape index (κ3) is 5.93. The lowest BCUT2D eigenvalue weighted by molar-refractivity contribution is 0.106. The molecule has 4 N–H and O–H groups in total. The quantitative estimate of drug-likeness (QED) is 0.545. The zero-order valence-corrected chi connectivity index (χ0v) is 23.0. The number of pyridine rings is 1. The minimum atomic E-state index is -2.59. The van der Waals surface area contributed by atoms with E-state index in [0.717, 1.165) is 87.5 Å². The molecule has 5 rings (SSSR count). The van der Waals surface area contributed by atoms with Crippen molar-refractivity contribution in [2.75, 3.05) is 75.4 Å². The van der Waals surface area contributed by atoms with E-state index < -0.39 is 6.43 Å². The molecule has 212 valence electrons. The monoisotopic (exact) mass is 533 g/mol. The number of alkyl halides is 2. The van der Waals surface area contributed by atoms with Crippen molar-refractivity contribution in [3.05, 3.63) is 28.6 Å². The average Bonchev–Trinajstić information content (AvgIpc) is 3.06. The molecule has 0 aliphatic carbocycles. The van der Waals surface area contributed by atoms with E-state index in [1.54, 1.807) is 0 Å². The average molecular weight is 534 g/mol. The Balaban J connectivity index is 1.41. The predicted molar refractivity (Wildman–Crippen MR) is 148 cm³/mol. The maximum absolute atomic E-state index is 14.4. The Morgan fingerprint density at radius 1 is 1.16 bits per heavy atom. The molecule has 0 aromatic carbocycles. The number of piperazine rings is 1. The first-order valence-electron chi connectivity index (χ1n) is 14.5. The highest BCUT2D eigenvalue weighted by atomic mass is 19.3. The van der Waals surface area contributed by atoms with Crippen molar-refractivity contribution in [2.24, 2.45) is 5.73 Å². The summed E-state index contributed by atoms with van der Waals surface area (Å²) in [5, 5.41) is 7.01. The molecule has 0 amide bonds. The zero-order chi connectivity index (χ0) is 26.6. The maximum atomic E-state index is 14.4. The fourth-order valence-corrected chi connectivity index (χ4v) is 6.53. The molecular formula is C28H45F2N7O. The first-order valence-corrected chi connectivity index (χ1v) is 14.5. The molecule has 0 spiro atoms. The summed E-state index contributed by atoms with van der Waals surface area (Å²) in [6.45, 7) is 12.2. The van der Waals surface area contributed by atoms with Gasteiger partial charge in [-0.05, 0) is 51.5 Å². The van der Waals surface area contributed by atoms with Crippen LogP contribution in [0.4, 0.5) is 20.3 Å². The lowest BCUT2D eigenvalue weighted by Crippen LogP contribution is -2.69. The summed E-state index contributed by atoms with van der Waals surface area (Å²) in [6, 6.07) is 3.17. The molecule has 8 nitrogen and oxygen atoms in total. The highest BCUT2D eigenvalue weighted by Crippen LogP contribution is 2.42. The molecule has 4 aliphatic rings. The van der Waals surface area contributed by atoms with Gasteiger partial charge in [-0.25, -0.2) is 13.8 Å². The Morgan fingerprint density at radius 2 is 1.97 bits per heavy atom. The molecule has 5 heterocycles. The first-order chi connectivity index (χ1) is 18.5. The molecule has 0 bridgehead atoms. The largest absolute Gasteiger partial charge is 0.384 e. The van der Waals surface area contributed by atoms with Gasteiger partial charge in [0.2, 0.25) is 0 Å². The van der Waals surface area contributed by atoms with Gasteiger partial charge in [0, 0.05) is 93.5 Å². The molecular weight excluding hydrogens is 488 g/mol. The number of rotatable bonds is 4. The number of anilines is 2. The van der Waals surface area contributed by atoms with E-state index in [-0.39, 0.29) is 11.7 Å². The molecule has 0 saturated carbocycles. The van der Waals surface area contributed by atoms with Crippen LogP contribution in [0.2, 0.25) is 0 Å². The Kier molecular flexibility index (Phi) is 9.02. The van der Waals surface area contributed by atoms with Crippen LogP contribution in [0.3, 0.4) is 0 Å². The fourth-order valence-electron chi connectivity index (χ4n) is 6.53. The maximum Gasteiger partial charge on any atom is 0.280 e. The van der Waals surface area contributed by atoms with Gasteiger partial charge < -0.3 is 30.9 Å². The van der Waals surface area contributed by atoms with Crippen LogP contribution in [0.15, 0.2) is 17.3 Å². The Bertz CT molecular complexity index is 984. The number of ether oxygens (including phenoxy) is 1. The molecule has 3 saturated heterocycles. The van der Waals surface area contributed by atoms with Crippen molar-refractivity contribution >= 4 is 11.5 Å². The van der Waals surface area contributed by atoms with Crippen LogP contribution in [-0.2, 0) is 11.2 Å². The van der Waals surface area contributed by atoms with Crippen molar-refractivity contribution < 1.29 is 13.5 Å². The van der Waals surface area contributed by atoms with Crippen molar-refractivity contribution in [3.8, 4) is 0 Å². The van der Waals surface area contributed by atoms with Crippen LogP contribution in [0.5, 0.6) is 0 Å². The predicted octanol–water partition coefficient (Wildman–Crippen LogP) is 2.65. The normalized spacial score (nSPS) is 28.9. The van der Waals surface area contributed by atoms with Crippen molar-refractivity contribution in [1.29, 1.82) is 0 Å². The van der Waals surface area contributed by atoms with Gasteiger partial charge in [0.05, 0.1) is 13.2 Å². The van der Waals surface area contributed by atoms with E-state index in [0.29, 0.717) is 50.6 Å². The minimum absolute atomic E-state index is 0.0335. The van der Waals surface area contributed by atoms with Gasteiger partial charge in [-0.15, -0.1) is 0 Å². The second-order valence-corrected chi connectivity index (χ2v) is 11.3. The van der Waals surface area contributed by atoms with Crippen LogP contribution in [0.25, 0.3) is 0 Å². The van der Waals surface area contributed by atoms with Crippen LogP contribution < -0.4 is 26.2 Å². The third-order valence-corrected chi connectivity index (χ3v) is 8.71. The highest BCUT2D eigenvalue weighted by Gasteiger charge is 2.45. The van der Waals surface area contributed by atoms with Gasteiger partial charge >= 0.3 is 0 Å². The van der Waals surface area contributed by atoms with E-state index in [1.807, 2.05) is 0 Å². The number of aromatic nitrogens is 1. The number of allylic oxidation sites excluding steroid dienone is 1. The lowest BCUT2D eigenvalue weighted by Gasteiger charge is -2.54. The molecule has 0 radical (unpaired) electrons. The van der Waals surface area contributed by atoms with E-state index in [1.165, 1.54) is 0 Å². The van der Waals surface area contributed by atoms with Crippen molar-refractivity contribution in [2.45, 2.75) is 70.5 Å². The van der Waals surface area contributed by atoms with Gasteiger partial charge in [0.25, 0.3) is 6.43 Å². The molecule has 4 aliphatic heterocycles. The van der Waals surface area contributed by atoms with E-state index in [9.17, 15) is 8.78 Å². The molecule has 38 heavy (non-hydrogen) atoms. The number of hydrogen-bond donors (Lipinski definition) is 3. The van der Waals surface area contributed by atoms with E-state index in [4.69, 9.17) is 10.5 Å². The van der Waals surface area contributed by atoms with E-state index >= 15 is 0 Å². The number of fused-ring (bicyclic) bond motifs is 3. The fraction of sp³-hybridized carbons (Fsp3) is 0.750. The highest BCUT2D eigenvalue weighted by molar-refractivity contribution is 5.65. The summed E-state index contributed by atoms with van der Waals surface area (Å²) in [7, 11) is 0. The lowest BCUT2D eigenvalue weighted by atomic mass is 9.90. The topological polar surface area (TPSA) is 81.9 Å². The number of nitrogens with two attached hydrogens (primary N) is 1. The SMILES string of the molecule is C/C(CN)=C1\CCCN(c2cc3c(c(C(F)F)n2)CCCC2[C@H](N4CCNCC4)CN32)CCOC[C@H](C)N1. The molecule has 1 aromatic rings. The Hall–Kier alpha value is -2.01. The summed E-state index contributed by atoms with van der Waals surface area (Å²) in [5.41, 5.74) is 9.94. The molecule has 1 aromatic heterocycles. The van der Waals surface area contributed by atoms with Crippen molar-refractivity contribution in [1.82, 2.24) is 20.5 Å². The van der Waals surface area contributed by atoms with Crippen LogP contribution in [-0.4, -0.2) is 93.6 Å². The standard InChI is InChI=1S/C28H45F2N7O/c1-19(16-31)22-6-4-10-36(13-14-38-18-20(2)33-22)26-15-24-21(27(34-26)28(29)30)5-3-7-23-25(17-37(23)24)35-11-8-32-9-12-35/h15,20,23,25,28,32-33H,3-14,16-18,31H2,1-2H3/b22-19-/t20-,23?,25+/m0/s1. The van der Waals surface area contributed by atoms with Crippen LogP contribution >= 0.6 is 0 Å².